The topological polar surface area (TPSA) is 49.3 Å². The van der Waals surface area contributed by atoms with E-state index in [4.69, 9.17) is 5.11 Å². The molecular formula is C13H16F3NO2. The number of hydrogen-bond acceptors (Lipinski definition) is 2. The molecule has 0 unspecified atom stereocenters. The van der Waals surface area contributed by atoms with Gasteiger partial charge >= 0.3 is 6.18 Å². The highest BCUT2D eigenvalue weighted by molar-refractivity contribution is 5.80. The fraction of sp³-hybridized carbons (Fsp3) is 0.462. The van der Waals surface area contributed by atoms with E-state index < -0.39 is 29.8 Å². The van der Waals surface area contributed by atoms with Gasteiger partial charge in [0, 0.05) is 6.04 Å². The lowest BCUT2D eigenvalue weighted by Gasteiger charge is -2.18. The molecule has 3 nitrogen and oxygen atoms in total. The van der Waals surface area contributed by atoms with Crippen molar-refractivity contribution >= 4 is 5.91 Å². The van der Waals surface area contributed by atoms with Crippen LogP contribution < -0.4 is 5.32 Å². The van der Waals surface area contributed by atoms with Crippen molar-refractivity contribution in [2.45, 2.75) is 38.6 Å². The third kappa shape index (κ3) is 4.55. The number of alkyl halides is 3. The van der Waals surface area contributed by atoms with Crippen LogP contribution in [0.3, 0.4) is 0 Å². The lowest BCUT2D eigenvalue weighted by atomic mass is 10.0. The third-order valence-electron chi connectivity index (χ3n) is 2.62. The van der Waals surface area contributed by atoms with Gasteiger partial charge < -0.3 is 10.4 Å². The van der Waals surface area contributed by atoms with E-state index in [9.17, 15) is 18.0 Å². The van der Waals surface area contributed by atoms with Crippen LogP contribution in [0.4, 0.5) is 13.2 Å². The number of aliphatic hydroxyl groups is 1. The summed E-state index contributed by atoms with van der Waals surface area (Å²) in [7, 11) is 0. The highest BCUT2D eigenvalue weighted by atomic mass is 19.4. The van der Waals surface area contributed by atoms with Crippen molar-refractivity contribution in [3.05, 3.63) is 35.4 Å². The van der Waals surface area contributed by atoms with Crippen molar-refractivity contribution in [3.8, 4) is 0 Å². The van der Waals surface area contributed by atoms with Gasteiger partial charge in [0.25, 0.3) is 0 Å². The summed E-state index contributed by atoms with van der Waals surface area (Å²) in [5, 5.41) is 11.5. The molecule has 0 aliphatic rings. The van der Waals surface area contributed by atoms with Crippen molar-refractivity contribution < 1.29 is 23.1 Å². The molecule has 19 heavy (non-hydrogen) atoms. The summed E-state index contributed by atoms with van der Waals surface area (Å²) in [6, 6.07) is 4.75. The average Bonchev–Trinajstić information content (AvgIpc) is 2.27. The van der Waals surface area contributed by atoms with Crippen molar-refractivity contribution in [2.75, 3.05) is 0 Å². The van der Waals surface area contributed by atoms with Gasteiger partial charge in [-0.1, -0.05) is 18.2 Å². The first-order valence-corrected chi connectivity index (χ1v) is 5.85. The van der Waals surface area contributed by atoms with E-state index >= 15 is 0 Å². The number of amides is 1. The predicted molar refractivity (Wildman–Crippen MR) is 64.4 cm³/mol. The SMILES string of the molecule is C[C@H](Cc1ccccc1C(F)(F)F)NC(=O)[C@H](C)O. The Morgan fingerprint density at radius 3 is 2.42 bits per heavy atom. The molecular weight excluding hydrogens is 259 g/mol. The van der Waals surface area contributed by atoms with Crippen molar-refractivity contribution in [3.63, 3.8) is 0 Å². The van der Waals surface area contributed by atoms with Crippen LogP contribution in [-0.4, -0.2) is 23.2 Å². The Labute approximate surface area is 109 Å². The molecule has 0 saturated heterocycles. The van der Waals surface area contributed by atoms with Crippen LogP contribution in [0.25, 0.3) is 0 Å². The zero-order valence-corrected chi connectivity index (χ0v) is 10.7. The molecule has 0 heterocycles. The van der Waals surface area contributed by atoms with E-state index in [1.807, 2.05) is 0 Å². The maximum Gasteiger partial charge on any atom is 0.416 e. The van der Waals surface area contributed by atoms with Crippen molar-refractivity contribution in [2.24, 2.45) is 0 Å². The van der Waals surface area contributed by atoms with Crippen molar-refractivity contribution in [1.29, 1.82) is 0 Å². The minimum atomic E-state index is -4.41. The Balaban J connectivity index is 2.80. The Morgan fingerprint density at radius 1 is 1.32 bits per heavy atom. The highest BCUT2D eigenvalue weighted by Gasteiger charge is 2.33. The third-order valence-corrected chi connectivity index (χ3v) is 2.62. The number of hydrogen-bond donors (Lipinski definition) is 2. The molecule has 2 N–H and O–H groups in total. The molecule has 2 atom stereocenters. The van der Waals surface area contributed by atoms with Crippen LogP contribution >= 0.6 is 0 Å². The molecule has 1 amide bonds. The first-order chi connectivity index (χ1) is 8.71. The summed E-state index contributed by atoms with van der Waals surface area (Å²) < 4.78 is 38.3. The minimum Gasteiger partial charge on any atom is -0.384 e. The zero-order chi connectivity index (χ0) is 14.6. The van der Waals surface area contributed by atoms with E-state index in [0.717, 1.165) is 6.07 Å². The Kier molecular flexibility index (Phi) is 4.94. The van der Waals surface area contributed by atoms with Gasteiger partial charge in [0.05, 0.1) is 5.56 Å². The van der Waals surface area contributed by atoms with Gasteiger partial charge in [-0.15, -0.1) is 0 Å². The average molecular weight is 275 g/mol. The van der Waals surface area contributed by atoms with Crippen LogP contribution in [-0.2, 0) is 17.4 Å². The number of aliphatic hydroxyl groups excluding tert-OH is 1. The van der Waals surface area contributed by atoms with E-state index in [-0.39, 0.29) is 12.0 Å². The number of carbonyl (C=O) groups is 1. The largest absolute Gasteiger partial charge is 0.416 e. The molecule has 1 aromatic carbocycles. The molecule has 1 rings (SSSR count). The second-order valence-corrected chi connectivity index (χ2v) is 4.44. The molecule has 0 aromatic heterocycles. The number of nitrogens with one attached hydrogen (secondary N) is 1. The van der Waals surface area contributed by atoms with Gasteiger partial charge in [0.2, 0.25) is 5.91 Å². The fourth-order valence-corrected chi connectivity index (χ4v) is 1.72. The number of benzene rings is 1. The van der Waals surface area contributed by atoms with E-state index in [1.54, 1.807) is 6.92 Å². The molecule has 6 heteroatoms. The van der Waals surface area contributed by atoms with Gasteiger partial charge in [-0.3, -0.25) is 4.79 Å². The van der Waals surface area contributed by atoms with Crippen LogP contribution in [0.1, 0.15) is 25.0 Å². The molecule has 0 fully saturated rings. The van der Waals surface area contributed by atoms with Gasteiger partial charge in [-0.25, -0.2) is 0 Å². The maximum atomic E-state index is 12.8. The van der Waals surface area contributed by atoms with Gasteiger partial charge in [-0.2, -0.15) is 13.2 Å². The van der Waals surface area contributed by atoms with E-state index in [0.29, 0.717) is 0 Å². The van der Waals surface area contributed by atoms with E-state index in [1.165, 1.54) is 25.1 Å². The molecule has 1 aromatic rings. The fourth-order valence-electron chi connectivity index (χ4n) is 1.72. The standard InChI is InChI=1S/C13H16F3NO2/c1-8(17-12(19)9(2)18)7-10-5-3-4-6-11(10)13(14,15)16/h3-6,8-9,18H,7H2,1-2H3,(H,17,19)/t8-,9+/m1/s1. The minimum absolute atomic E-state index is 0.0497. The molecule has 0 spiro atoms. The second kappa shape index (κ2) is 6.06. The summed E-state index contributed by atoms with van der Waals surface area (Å²) in [6.45, 7) is 2.89. The lowest BCUT2D eigenvalue weighted by Crippen LogP contribution is -2.40. The van der Waals surface area contributed by atoms with Gasteiger partial charge in [0.15, 0.2) is 0 Å². The smallest absolute Gasteiger partial charge is 0.384 e. The van der Waals surface area contributed by atoms with Gasteiger partial charge in [-0.05, 0) is 31.9 Å². The maximum absolute atomic E-state index is 12.8. The normalized spacial score (nSPS) is 14.8. The van der Waals surface area contributed by atoms with Crippen molar-refractivity contribution in [1.82, 2.24) is 5.32 Å². The quantitative estimate of drug-likeness (QED) is 0.884. The zero-order valence-electron chi connectivity index (χ0n) is 10.7. The first-order valence-electron chi connectivity index (χ1n) is 5.85. The number of carbonyl (C=O) groups excluding carboxylic acids is 1. The van der Waals surface area contributed by atoms with Gasteiger partial charge in [0.1, 0.15) is 6.10 Å². The van der Waals surface area contributed by atoms with Crippen LogP contribution in [0, 0.1) is 0 Å². The lowest BCUT2D eigenvalue weighted by molar-refractivity contribution is -0.138. The molecule has 0 aliphatic heterocycles. The monoisotopic (exact) mass is 275 g/mol. The van der Waals surface area contributed by atoms with Crippen LogP contribution in [0.15, 0.2) is 24.3 Å². The number of halogens is 3. The predicted octanol–water partition coefficient (Wildman–Crippen LogP) is 2.13. The molecule has 0 radical (unpaired) electrons. The number of rotatable bonds is 4. The second-order valence-electron chi connectivity index (χ2n) is 4.44. The van der Waals surface area contributed by atoms with E-state index in [2.05, 4.69) is 5.32 Å². The molecule has 0 bridgehead atoms. The molecule has 106 valence electrons. The summed E-state index contributed by atoms with van der Waals surface area (Å²) in [4.78, 5) is 11.2. The Hall–Kier alpha value is -1.56. The molecule has 0 saturated carbocycles. The van der Waals surface area contributed by atoms with Crippen LogP contribution in [0.2, 0.25) is 0 Å². The Morgan fingerprint density at radius 2 is 1.89 bits per heavy atom. The summed E-state index contributed by atoms with van der Waals surface area (Å²) in [5.41, 5.74) is -0.582. The summed E-state index contributed by atoms with van der Waals surface area (Å²) in [5.74, 6) is -0.600. The van der Waals surface area contributed by atoms with Crippen LogP contribution in [0.5, 0.6) is 0 Å². The summed E-state index contributed by atoms with van der Waals surface area (Å²) >= 11 is 0. The first kappa shape index (κ1) is 15.5. The summed E-state index contributed by atoms with van der Waals surface area (Å²) in [6.07, 6.45) is -5.54. The Bertz CT molecular complexity index is 444. The molecule has 0 aliphatic carbocycles. The highest BCUT2D eigenvalue weighted by Crippen LogP contribution is 2.32.